The van der Waals surface area contributed by atoms with E-state index < -0.39 is 0 Å². The number of ether oxygens (including phenoxy) is 1. The van der Waals surface area contributed by atoms with E-state index in [4.69, 9.17) is 16.3 Å². The molecule has 0 aliphatic heterocycles. The highest BCUT2D eigenvalue weighted by Crippen LogP contribution is 2.29. The lowest BCUT2D eigenvalue weighted by Crippen LogP contribution is -1.98. The highest BCUT2D eigenvalue weighted by molar-refractivity contribution is 6.32. The molecular weight excluding hydrogens is 336 g/mol. The van der Waals surface area contributed by atoms with Crippen LogP contribution in [0, 0.1) is 5.92 Å². The Hall–Kier alpha value is -2.20. The zero-order valence-corrected chi connectivity index (χ0v) is 15.6. The third-order valence-corrected chi connectivity index (χ3v) is 3.90. The van der Waals surface area contributed by atoms with Gasteiger partial charge in [0.2, 0.25) is 5.88 Å². The molecule has 1 atom stereocenters. The quantitative estimate of drug-likeness (QED) is 0.624. The Labute approximate surface area is 153 Å². The summed E-state index contributed by atoms with van der Waals surface area (Å²) in [6.07, 6.45) is 9.59. The van der Waals surface area contributed by atoms with Crippen molar-refractivity contribution in [1.82, 2.24) is 9.97 Å². The second-order valence-corrected chi connectivity index (χ2v) is 6.55. The van der Waals surface area contributed by atoms with Crippen molar-refractivity contribution >= 4 is 23.5 Å². The molecule has 4 nitrogen and oxygen atoms in total. The number of aromatic nitrogens is 2. The van der Waals surface area contributed by atoms with Gasteiger partial charge in [0.05, 0.1) is 23.1 Å². The molecule has 0 saturated heterocycles. The van der Waals surface area contributed by atoms with Crippen molar-refractivity contribution in [1.29, 1.82) is 0 Å². The molecule has 0 aliphatic rings. The number of halogens is 1. The van der Waals surface area contributed by atoms with Crippen LogP contribution in [0.5, 0.6) is 11.6 Å². The molecule has 1 aromatic carbocycles. The molecule has 0 N–H and O–H groups in total. The number of aryl methyl sites for hydroxylation is 1. The van der Waals surface area contributed by atoms with Gasteiger partial charge in [-0.05, 0) is 43.0 Å². The van der Waals surface area contributed by atoms with E-state index in [9.17, 15) is 4.79 Å². The lowest BCUT2D eigenvalue weighted by atomic mass is 10.0. The number of nitrogens with zero attached hydrogens (tertiary/aromatic N) is 2. The normalized spacial score (nSPS) is 12.3. The largest absolute Gasteiger partial charge is 0.436 e. The van der Waals surface area contributed by atoms with Crippen molar-refractivity contribution in [2.24, 2.45) is 5.92 Å². The molecule has 2 rings (SSSR count). The maximum Gasteiger partial charge on any atom is 0.237 e. The topological polar surface area (TPSA) is 52.1 Å². The van der Waals surface area contributed by atoms with Gasteiger partial charge < -0.3 is 9.53 Å². The molecule has 0 unspecified atom stereocenters. The first-order valence-corrected chi connectivity index (χ1v) is 8.81. The number of benzene rings is 1. The predicted octanol–water partition coefficient (Wildman–Crippen LogP) is 5.50. The van der Waals surface area contributed by atoms with Crippen molar-refractivity contribution in [3.63, 3.8) is 0 Å². The fourth-order valence-electron chi connectivity index (χ4n) is 2.43. The molecular formula is C20H23ClN2O2. The van der Waals surface area contributed by atoms with E-state index >= 15 is 0 Å². The first kappa shape index (κ1) is 19.1. The first-order valence-electron chi connectivity index (χ1n) is 8.44. The average Bonchev–Trinajstić information content (AvgIpc) is 2.56. The van der Waals surface area contributed by atoms with E-state index in [2.05, 4.69) is 16.9 Å². The van der Waals surface area contributed by atoms with Crippen LogP contribution in [0.2, 0.25) is 5.02 Å². The monoisotopic (exact) mass is 358 g/mol. The van der Waals surface area contributed by atoms with Gasteiger partial charge >= 0.3 is 0 Å². The zero-order chi connectivity index (χ0) is 18.2. The first-order chi connectivity index (χ1) is 12.0. The molecule has 0 bridgehead atoms. The zero-order valence-electron chi connectivity index (χ0n) is 14.8. The molecule has 132 valence electrons. The van der Waals surface area contributed by atoms with E-state index in [1.807, 2.05) is 37.3 Å². The third kappa shape index (κ3) is 6.31. The minimum Gasteiger partial charge on any atom is -0.436 e. The lowest BCUT2D eigenvalue weighted by molar-refractivity contribution is -0.117. The predicted molar refractivity (Wildman–Crippen MR) is 101 cm³/mol. The number of Topliss-reactive ketones (excluding diaryl/α,β-unsaturated/α-hetero) is 1. The van der Waals surface area contributed by atoms with Gasteiger partial charge in [-0.3, -0.25) is 0 Å². The molecule has 0 spiro atoms. The van der Waals surface area contributed by atoms with Gasteiger partial charge in [0.25, 0.3) is 0 Å². The van der Waals surface area contributed by atoms with Crippen LogP contribution < -0.4 is 4.74 Å². The summed E-state index contributed by atoms with van der Waals surface area (Å²) in [5, 5.41) is 0.565. The van der Waals surface area contributed by atoms with E-state index in [1.54, 1.807) is 19.3 Å². The molecule has 1 heterocycles. The Morgan fingerprint density at radius 1 is 1.32 bits per heavy atom. The number of allylic oxidation sites excluding steroid dienone is 1. The Kier molecular flexibility index (Phi) is 7.14. The summed E-state index contributed by atoms with van der Waals surface area (Å²) >= 11 is 6.26. The maximum absolute atomic E-state index is 11.1. The second-order valence-electron chi connectivity index (χ2n) is 6.14. The van der Waals surface area contributed by atoms with E-state index in [-0.39, 0.29) is 11.7 Å². The SMILES string of the molecule is CCCc1ccc(Oc2cnc(/C=C/[C@H](C)CC(C)=O)cn2)c(Cl)c1. The highest BCUT2D eigenvalue weighted by atomic mass is 35.5. The van der Waals surface area contributed by atoms with Crippen LogP contribution in [0.3, 0.4) is 0 Å². The summed E-state index contributed by atoms with van der Waals surface area (Å²) in [7, 11) is 0. The third-order valence-electron chi connectivity index (χ3n) is 3.60. The van der Waals surface area contributed by atoms with Gasteiger partial charge in [-0.1, -0.05) is 44.0 Å². The fraction of sp³-hybridized carbons (Fsp3) is 0.350. The standard InChI is InChI=1S/C20H23ClN2O2/c1-4-5-16-7-9-19(18(21)11-16)25-20-13-22-17(12-23-20)8-6-14(2)10-15(3)24/h6-9,11-14H,4-5,10H2,1-3H3/b8-6+/t14-/m0/s1. The number of carbonyl (C=O) groups excluding carboxylic acids is 1. The smallest absolute Gasteiger partial charge is 0.237 e. The number of hydrogen-bond donors (Lipinski definition) is 0. The van der Waals surface area contributed by atoms with Crippen molar-refractivity contribution in [2.75, 3.05) is 0 Å². The fourth-order valence-corrected chi connectivity index (χ4v) is 2.67. The summed E-state index contributed by atoms with van der Waals surface area (Å²) in [6, 6.07) is 5.78. The van der Waals surface area contributed by atoms with Gasteiger partial charge in [0.1, 0.15) is 11.5 Å². The van der Waals surface area contributed by atoms with E-state index in [0.717, 1.165) is 12.8 Å². The minimum absolute atomic E-state index is 0.175. The van der Waals surface area contributed by atoms with Crippen LogP contribution >= 0.6 is 11.6 Å². The summed E-state index contributed by atoms with van der Waals surface area (Å²) in [5.41, 5.74) is 1.90. The van der Waals surface area contributed by atoms with E-state index in [1.165, 1.54) is 5.56 Å². The Morgan fingerprint density at radius 2 is 2.12 bits per heavy atom. The van der Waals surface area contributed by atoms with E-state index in [0.29, 0.717) is 28.8 Å². The summed E-state index contributed by atoms with van der Waals surface area (Å²) in [6.45, 7) is 5.72. The van der Waals surface area contributed by atoms with Crippen LogP contribution in [0.15, 0.2) is 36.7 Å². The summed E-state index contributed by atoms with van der Waals surface area (Å²) in [4.78, 5) is 19.6. The molecule has 1 aromatic heterocycles. The number of hydrogen-bond acceptors (Lipinski definition) is 4. The number of carbonyl (C=O) groups is 1. The van der Waals surface area contributed by atoms with Crippen molar-refractivity contribution in [3.05, 3.63) is 52.9 Å². The van der Waals surface area contributed by atoms with Crippen LogP contribution in [0.25, 0.3) is 6.08 Å². The van der Waals surface area contributed by atoms with Crippen LogP contribution in [-0.4, -0.2) is 15.8 Å². The van der Waals surface area contributed by atoms with Crippen molar-refractivity contribution < 1.29 is 9.53 Å². The van der Waals surface area contributed by atoms with Crippen LogP contribution in [0.4, 0.5) is 0 Å². The van der Waals surface area contributed by atoms with Gasteiger partial charge in [-0.25, -0.2) is 9.97 Å². The summed E-state index contributed by atoms with van der Waals surface area (Å²) < 4.78 is 5.70. The molecule has 0 saturated carbocycles. The van der Waals surface area contributed by atoms with Crippen LogP contribution in [0.1, 0.15) is 44.9 Å². The van der Waals surface area contributed by atoms with Gasteiger partial charge in [0, 0.05) is 6.42 Å². The number of rotatable bonds is 8. The average molecular weight is 359 g/mol. The van der Waals surface area contributed by atoms with Crippen molar-refractivity contribution in [2.45, 2.75) is 40.0 Å². The number of ketones is 1. The highest BCUT2D eigenvalue weighted by Gasteiger charge is 2.06. The Balaban J connectivity index is 2.00. The summed E-state index contributed by atoms with van der Waals surface area (Å²) in [5.74, 6) is 1.30. The second kappa shape index (κ2) is 9.33. The minimum atomic E-state index is 0.175. The molecule has 0 radical (unpaired) electrons. The molecule has 25 heavy (non-hydrogen) atoms. The Morgan fingerprint density at radius 3 is 2.72 bits per heavy atom. The molecule has 0 amide bonds. The lowest BCUT2D eigenvalue weighted by Gasteiger charge is -2.08. The van der Waals surface area contributed by atoms with Gasteiger partial charge in [-0.2, -0.15) is 0 Å². The molecule has 0 aliphatic carbocycles. The molecule has 5 heteroatoms. The van der Waals surface area contributed by atoms with Crippen LogP contribution in [-0.2, 0) is 11.2 Å². The van der Waals surface area contributed by atoms with Crippen molar-refractivity contribution in [3.8, 4) is 11.6 Å². The van der Waals surface area contributed by atoms with Gasteiger partial charge in [-0.15, -0.1) is 0 Å². The molecule has 2 aromatic rings. The maximum atomic E-state index is 11.1. The Bertz CT molecular complexity index is 742. The van der Waals surface area contributed by atoms with Gasteiger partial charge in [0.15, 0.2) is 0 Å². The molecule has 0 fully saturated rings.